The fraction of sp³-hybridized carbons (Fsp3) is 0.500. The summed E-state index contributed by atoms with van der Waals surface area (Å²) in [4.78, 5) is 13.8. The summed E-state index contributed by atoms with van der Waals surface area (Å²) in [5.74, 6) is 0.427. The third kappa shape index (κ3) is 4.49. The van der Waals surface area contributed by atoms with Gasteiger partial charge in [-0.25, -0.2) is 0 Å². The highest BCUT2D eigenvalue weighted by atomic mass is 35.5. The van der Waals surface area contributed by atoms with E-state index in [9.17, 15) is 9.90 Å². The van der Waals surface area contributed by atoms with E-state index in [2.05, 4.69) is 5.32 Å². The molecule has 0 saturated carbocycles. The fourth-order valence-electron chi connectivity index (χ4n) is 2.16. The van der Waals surface area contributed by atoms with Gasteiger partial charge < -0.3 is 24.8 Å². The number of carbonyl (C=O) groups excluding carboxylic acids is 1. The summed E-state index contributed by atoms with van der Waals surface area (Å²) in [6.07, 6.45) is -0.430. The van der Waals surface area contributed by atoms with E-state index in [1.165, 1.54) is 7.11 Å². The SMILES string of the molecule is COc1ccc(CN(C)C(=O)C2CNCCO2)cc1O.Cl. The van der Waals surface area contributed by atoms with Crippen LogP contribution in [0, 0.1) is 0 Å². The van der Waals surface area contributed by atoms with Gasteiger partial charge in [0.15, 0.2) is 11.5 Å². The van der Waals surface area contributed by atoms with Gasteiger partial charge in [0.1, 0.15) is 6.10 Å². The second kappa shape index (κ2) is 8.07. The summed E-state index contributed by atoms with van der Waals surface area (Å²) < 4.78 is 10.4. The van der Waals surface area contributed by atoms with E-state index >= 15 is 0 Å². The number of benzene rings is 1. The van der Waals surface area contributed by atoms with Gasteiger partial charge in [-0.05, 0) is 17.7 Å². The molecule has 1 aliphatic heterocycles. The number of amides is 1. The van der Waals surface area contributed by atoms with Crippen molar-refractivity contribution in [3.63, 3.8) is 0 Å². The van der Waals surface area contributed by atoms with Crippen LogP contribution in [0.5, 0.6) is 11.5 Å². The zero-order valence-electron chi connectivity index (χ0n) is 12.2. The Labute approximate surface area is 130 Å². The Morgan fingerprint density at radius 2 is 2.33 bits per heavy atom. The average Bonchev–Trinajstić information content (AvgIpc) is 2.47. The lowest BCUT2D eigenvalue weighted by Gasteiger charge is -2.27. The zero-order valence-corrected chi connectivity index (χ0v) is 13.0. The van der Waals surface area contributed by atoms with Crippen molar-refractivity contribution in [2.24, 2.45) is 0 Å². The molecule has 21 heavy (non-hydrogen) atoms. The van der Waals surface area contributed by atoms with Crippen LogP contribution in [0.1, 0.15) is 5.56 Å². The normalized spacial score (nSPS) is 17.7. The molecule has 1 saturated heterocycles. The number of rotatable bonds is 4. The Morgan fingerprint density at radius 3 is 2.90 bits per heavy atom. The number of methoxy groups -OCH3 is 1. The van der Waals surface area contributed by atoms with Gasteiger partial charge in [-0.1, -0.05) is 6.07 Å². The van der Waals surface area contributed by atoms with Gasteiger partial charge in [-0.2, -0.15) is 0 Å². The third-order valence-electron chi connectivity index (χ3n) is 3.24. The van der Waals surface area contributed by atoms with Crippen molar-refractivity contribution in [2.75, 3.05) is 33.9 Å². The van der Waals surface area contributed by atoms with E-state index in [1.54, 1.807) is 24.1 Å². The van der Waals surface area contributed by atoms with Gasteiger partial charge in [-0.15, -0.1) is 12.4 Å². The highest BCUT2D eigenvalue weighted by Gasteiger charge is 2.24. The van der Waals surface area contributed by atoms with E-state index in [4.69, 9.17) is 9.47 Å². The number of nitrogens with zero attached hydrogens (tertiary/aromatic N) is 1. The molecule has 6 nitrogen and oxygen atoms in total. The number of hydrogen-bond acceptors (Lipinski definition) is 5. The largest absolute Gasteiger partial charge is 0.504 e. The molecule has 1 aromatic rings. The van der Waals surface area contributed by atoms with Crippen molar-refractivity contribution >= 4 is 18.3 Å². The molecule has 1 amide bonds. The van der Waals surface area contributed by atoms with Gasteiger partial charge >= 0.3 is 0 Å². The van der Waals surface area contributed by atoms with Crippen LogP contribution in [0.4, 0.5) is 0 Å². The molecular formula is C14H21ClN2O4. The minimum atomic E-state index is -0.430. The van der Waals surface area contributed by atoms with Gasteiger partial charge in [-0.3, -0.25) is 4.79 Å². The van der Waals surface area contributed by atoms with Crippen molar-refractivity contribution in [3.8, 4) is 11.5 Å². The molecule has 7 heteroatoms. The maximum absolute atomic E-state index is 12.2. The summed E-state index contributed by atoms with van der Waals surface area (Å²) in [6, 6.07) is 5.10. The van der Waals surface area contributed by atoms with Crippen LogP contribution in [-0.2, 0) is 16.1 Å². The lowest BCUT2D eigenvalue weighted by atomic mass is 10.1. The third-order valence-corrected chi connectivity index (χ3v) is 3.24. The highest BCUT2D eigenvalue weighted by molar-refractivity contribution is 5.85. The maximum atomic E-state index is 12.2. The van der Waals surface area contributed by atoms with Crippen molar-refractivity contribution in [1.82, 2.24) is 10.2 Å². The minimum Gasteiger partial charge on any atom is -0.504 e. The Bertz CT molecular complexity index is 478. The van der Waals surface area contributed by atoms with Crippen LogP contribution in [0.2, 0.25) is 0 Å². The first kappa shape index (κ1) is 17.6. The summed E-state index contributed by atoms with van der Waals surface area (Å²) in [7, 11) is 3.22. The Balaban J connectivity index is 0.00000220. The smallest absolute Gasteiger partial charge is 0.253 e. The van der Waals surface area contributed by atoms with E-state index in [0.29, 0.717) is 25.4 Å². The lowest BCUT2D eigenvalue weighted by Crippen LogP contribution is -2.48. The molecule has 1 fully saturated rings. The zero-order chi connectivity index (χ0) is 14.5. The number of morpholine rings is 1. The van der Waals surface area contributed by atoms with Crippen molar-refractivity contribution in [2.45, 2.75) is 12.6 Å². The summed E-state index contributed by atoms with van der Waals surface area (Å²) >= 11 is 0. The topological polar surface area (TPSA) is 71.0 Å². The summed E-state index contributed by atoms with van der Waals surface area (Å²) in [5, 5.41) is 12.9. The Hall–Kier alpha value is -1.50. The number of carbonyl (C=O) groups is 1. The highest BCUT2D eigenvalue weighted by Crippen LogP contribution is 2.26. The number of phenols is 1. The number of hydrogen-bond donors (Lipinski definition) is 2. The van der Waals surface area contributed by atoms with E-state index in [0.717, 1.165) is 12.1 Å². The molecular weight excluding hydrogens is 296 g/mol. The average molecular weight is 317 g/mol. The number of aromatic hydroxyl groups is 1. The van der Waals surface area contributed by atoms with Gasteiger partial charge in [0.25, 0.3) is 5.91 Å². The van der Waals surface area contributed by atoms with Crippen LogP contribution in [0.25, 0.3) is 0 Å². The molecule has 1 heterocycles. The Morgan fingerprint density at radius 1 is 1.57 bits per heavy atom. The monoisotopic (exact) mass is 316 g/mol. The number of ether oxygens (including phenoxy) is 2. The van der Waals surface area contributed by atoms with E-state index < -0.39 is 6.10 Å². The molecule has 0 radical (unpaired) electrons. The summed E-state index contributed by atoms with van der Waals surface area (Å²) in [5.41, 5.74) is 0.836. The summed E-state index contributed by atoms with van der Waals surface area (Å²) in [6.45, 7) is 2.28. The number of nitrogens with one attached hydrogen (secondary N) is 1. The van der Waals surface area contributed by atoms with Crippen LogP contribution < -0.4 is 10.1 Å². The maximum Gasteiger partial charge on any atom is 0.253 e. The molecule has 1 unspecified atom stereocenters. The van der Waals surface area contributed by atoms with Crippen LogP contribution >= 0.6 is 12.4 Å². The molecule has 0 spiro atoms. The molecule has 0 aliphatic carbocycles. The second-order valence-electron chi connectivity index (χ2n) is 4.76. The second-order valence-corrected chi connectivity index (χ2v) is 4.76. The predicted molar refractivity (Wildman–Crippen MR) is 81.0 cm³/mol. The molecule has 118 valence electrons. The van der Waals surface area contributed by atoms with Crippen molar-refractivity contribution in [1.29, 1.82) is 0 Å². The van der Waals surface area contributed by atoms with Crippen LogP contribution in [0.15, 0.2) is 18.2 Å². The fourth-order valence-corrected chi connectivity index (χ4v) is 2.16. The van der Waals surface area contributed by atoms with Crippen molar-refractivity contribution < 1.29 is 19.4 Å². The van der Waals surface area contributed by atoms with Crippen LogP contribution in [0.3, 0.4) is 0 Å². The number of phenolic OH excluding ortho intramolecular Hbond substituents is 1. The molecule has 0 aromatic heterocycles. The number of halogens is 1. The van der Waals surface area contributed by atoms with Crippen molar-refractivity contribution in [3.05, 3.63) is 23.8 Å². The van der Waals surface area contributed by atoms with E-state index in [-0.39, 0.29) is 24.1 Å². The first-order chi connectivity index (χ1) is 9.61. The van der Waals surface area contributed by atoms with E-state index in [1.807, 2.05) is 6.07 Å². The lowest BCUT2D eigenvalue weighted by molar-refractivity contribution is -0.144. The Kier molecular flexibility index (Phi) is 6.74. The van der Waals surface area contributed by atoms with Gasteiger partial charge in [0, 0.05) is 26.7 Å². The molecule has 2 rings (SSSR count). The molecule has 1 aromatic carbocycles. The quantitative estimate of drug-likeness (QED) is 0.858. The number of likely N-dealkylation sites (N-methyl/N-ethyl adjacent to an activating group) is 1. The molecule has 1 aliphatic rings. The minimum absolute atomic E-state index is 0. The van der Waals surface area contributed by atoms with Gasteiger partial charge in [0.05, 0.1) is 13.7 Å². The standard InChI is InChI=1S/C14H20N2O4.ClH/c1-16(14(18)13-8-15-5-6-20-13)9-10-3-4-12(19-2)11(17)7-10;/h3-4,7,13,15,17H,5-6,8-9H2,1-2H3;1H. The first-order valence-electron chi connectivity index (χ1n) is 6.55. The van der Waals surface area contributed by atoms with Crippen LogP contribution in [-0.4, -0.2) is 55.9 Å². The molecule has 0 bridgehead atoms. The molecule has 1 atom stereocenters. The predicted octanol–water partition coefficient (Wildman–Crippen LogP) is 0.769. The molecule has 2 N–H and O–H groups in total. The first-order valence-corrected chi connectivity index (χ1v) is 6.55. The van der Waals surface area contributed by atoms with Gasteiger partial charge in [0.2, 0.25) is 0 Å².